The third-order valence-electron chi connectivity index (χ3n) is 4.04. The lowest BCUT2D eigenvalue weighted by atomic mass is 10.1. The summed E-state index contributed by atoms with van der Waals surface area (Å²) in [6, 6.07) is 10.6. The maximum absolute atomic E-state index is 12.8. The normalized spacial score (nSPS) is 11.6. The Morgan fingerprint density at radius 2 is 1.93 bits per heavy atom. The van der Waals surface area contributed by atoms with Crippen LogP contribution in [0.4, 0.5) is 13.2 Å². The van der Waals surface area contributed by atoms with Gasteiger partial charge in [0.15, 0.2) is 11.0 Å². The summed E-state index contributed by atoms with van der Waals surface area (Å²) in [4.78, 5) is 0. The Hall–Kier alpha value is -2.19. The Morgan fingerprint density at radius 3 is 2.64 bits per heavy atom. The zero-order chi connectivity index (χ0) is 20.3. The quantitative estimate of drug-likeness (QED) is 0.475. The maximum atomic E-state index is 12.8. The molecule has 1 aromatic heterocycles. The van der Waals surface area contributed by atoms with Crippen molar-refractivity contribution in [2.45, 2.75) is 30.6 Å². The summed E-state index contributed by atoms with van der Waals surface area (Å²) in [5.41, 5.74) is 0.821. The first-order chi connectivity index (χ1) is 13.2. The molecule has 0 aliphatic carbocycles. The average molecular weight is 428 g/mol. The molecule has 0 fully saturated rings. The van der Waals surface area contributed by atoms with E-state index in [9.17, 15) is 13.2 Å². The highest BCUT2D eigenvalue weighted by molar-refractivity contribution is 7.98. The van der Waals surface area contributed by atoms with Crippen LogP contribution in [-0.2, 0) is 25.6 Å². The Labute approximate surface area is 169 Å². The minimum absolute atomic E-state index is 0.218. The van der Waals surface area contributed by atoms with Crippen molar-refractivity contribution in [1.82, 2.24) is 14.8 Å². The Morgan fingerprint density at radius 1 is 1.14 bits per heavy atom. The highest BCUT2D eigenvalue weighted by atomic mass is 35.5. The number of nitrogens with zero attached hydrogens (tertiary/aromatic N) is 3. The first kappa shape index (κ1) is 20.5. The summed E-state index contributed by atoms with van der Waals surface area (Å²) in [5.74, 6) is 1.67. The van der Waals surface area contributed by atoms with E-state index in [4.69, 9.17) is 16.3 Å². The number of rotatable bonds is 6. The Kier molecular flexibility index (Phi) is 6.20. The molecular weight excluding hydrogens is 411 g/mol. The second-order valence-corrected chi connectivity index (χ2v) is 7.52. The second-order valence-electron chi connectivity index (χ2n) is 6.14. The molecule has 0 amide bonds. The summed E-state index contributed by atoms with van der Waals surface area (Å²) in [6.45, 7) is 2.12. The van der Waals surface area contributed by atoms with Gasteiger partial charge in [-0.15, -0.1) is 10.2 Å². The fourth-order valence-corrected chi connectivity index (χ4v) is 3.60. The van der Waals surface area contributed by atoms with E-state index in [0.717, 1.165) is 17.7 Å². The number of benzene rings is 2. The summed E-state index contributed by atoms with van der Waals surface area (Å²) in [7, 11) is 1.79. The van der Waals surface area contributed by atoms with Crippen LogP contribution in [0, 0.1) is 6.92 Å². The van der Waals surface area contributed by atoms with Gasteiger partial charge in [0.1, 0.15) is 12.4 Å². The van der Waals surface area contributed by atoms with Gasteiger partial charge in [0.05, 0.1) is 5.56 Å². The van der Waals surface area contributed by atoms with Crippen LogP contribution in [0.25, 0.3) is 0 Å². The molecule has 0 aliphatic rings. The monoisotopic (exact) mass is 427 g/mol. The van der Waals surface area contributed by atoms with E-state index < -0.39 is 11.7 Å². The molecule has 0 aliphatic heterocycles. The van der Waals surface area contributed by atoms with Crippen LogP contribution in [0.3, 0.4) is 0 Å². The van der Waals surface area contributed by atoms with Crippen molar-refractivity contribution < 1.29 is 17.9 Å². The SMILES string of the molecule is Cc1cc(Cl)ccc1OCc1nnc(SCc2cccc(C(F)(F)F)c2)n1C. The standard InChI is InChI=1S/C19H17ClF3N3OS/c1-12-8-15(20)6-7-16(12)27-10-17-24-25-18(26(17)2)28-11-13-4-3-5-14(9-13)19(21,22)23/h3-9H,10-11H2,1-2H3. The largest absolute Gasteiger partial charge is 0.485 e. The molecule has 28 heavy (non-hydrogen) atoms. The van der Waals surface area contributed by atoms with Crippen molar-refractivity contribution in [3.63, 3.8) is 0 Å². The molecule has 4 nitrogen and oxygen atoms in total. The fraction of sp³-hybridized carbons (Fsp3) is 0.263. The molecule has 0 unspecified atom stereocenters. The molecule has 148 valence electrons. The lowest BCUT2D eigenvalue weighted by Gasteiger charge is -2.10. The molecular formula is C19H17ClF3N3OS. The van der Waals surface area contributed by atoms with Gasteiger partial charge in [0.25, 0.3) is 0 Å². The van der Waals surface area contributed by atoms with Crippen molar-refractivity contribution in [1.29, 1.82) is 0 Å². The first-order valence-electron chi connectivity index (χ1n) is 8.30. The van der Waals surface area contributed by atoms with Crippen LogP contribution in [0.15, 0.2) is 47.6 Å². The van der Waals surface area contributed by atoms with Crippen LogP contribution < -0.4 is 4.74 Å². The van der Waals surface area contributed by atoms with Gasteiger partial charge in [0.2, 0.25) is 0 Å². The van der Waals surface area contributed by atoms with Crippen molar-refractivity contribution in [3.05, 3.63) is 70.0 Å². The third kappa shape index (κ3) is 4.99. The Bertz CT molecular complexity index is 975. The molecule has 0 atom stereocenters. The van der Waals surface area contributed by atoms with Crippen molar-refractivity contribution in [2.24, 2.45) is 7.05 Å². The zero-order valence-electron chi connectivity index (χ0n) is 15.1. The van der Waals surface area contributed by atoms with Crippen LogP contribution in [0.5, 0.6) is 5.75 Å². The number of halogens is 4. The number of aromatic nitrogens is 3. The third-order valence-corrected chi connectivity index (χ3v) is 5.37. The van der Waals surface area contributed by atoms with E-state index in [1.807, 2.05) is 13.0 Å². The first-order valence-corrected chi connectivity index (χ1v) is 9.66. The minimum Gasteiger partial charge on any atom is -0.485 e. The predicted octanol–water partition coefficient (Wildman–Crippen LogP) is 5.67. The van der Waals surface area contributed by atoms with Crippen LogP contribution >= 0.6 is 23.4 Å². The summed E-state index contributed by atoms with van der Waals surface area (Å²) < 4.78 is 46.0. The number of ether oxygens (including phenoxy) is 1. The zero-order valence-corrected chi connectivity index (χ0v) is 16.7. The van der Waals surface area contributed by atoms with E-state index in [-0.39, 0.29) is 6.61 Å². The van der Waals surface area contributed by atoms with Gasteiger partial charge in [-0.25, -0.2) is 0 Å². The summed E-state index contributed by atoms with van der Waals surface area (Å²) in [5, 5.41) is 9.45. The van der Waals surface area contributed by atoms with E-state index in [1.165, 1.54) is 17.8 Å². The number of aryl methyl sites for hydroxylation is 1. The van der Waals surface area contributed by atoms with Crippen molar-refractivity contribution >= 4 is 23.4 Å². The maximum Gasteiger partial charge on any atom is 0.416 e. The number of hydrogen-bond acceptors (Lipinski definition) is 4. The number of thioether (sulfide) groups is 1. The molecule has 0 radical (unpaired) electrons. The lowest BCUT2D eigenvalue weighted by Crippen LogP contribution is -2.05. The van der Waals surface area contributed by atoms with E-state index in [2.05, 4.69) is 10.2 Å². The van der Waals surface area contributed by atoms with E-state index >= 15 is 0 Å². The van der Waals surface area contributed by atoms with E-state index in [1.54, 1.807) is 29.8 Å². The summed E-state index contributed by atoms with van der Waals surface area (Å²) >= 11 is 7.25. The molecule has 0 bridgehead atoms. The average Bonchev–Trinajstić information content (AvgIpc) is 2.99. The van der Waals surface area contributed by atoms with Gasteiger partial charge in [0, 0.05) is 17.8 Å². The molecule has 0 N–H and O–H groups in total. The highest BCUT2D eigenvalue weighted by Gasteiger charge is 2.30. The van der Waals surface area contributed by atoms with Gasteiger partial charge >= 0.3 is 6.18 Å². The highest BCUT2D eigenvalue weighted by Crippen LogP contribution is 2.31. The predicted molar refractivity (Wildman–Crippen MR) is 103 cm³/mol. The molecule has 0 saturated heterocycles. The fourth-order valence-electron chi connectivity index (χ4n) is 2.50. The molecule has 3 aromatic rings. The van der Waals surface area contributed by atoms with Crippen LogP contribution in [0.1, 0.15) is 22.5 Å². The smallest absolute Gasteiger partial charge is 0.416 e. The molecule has 9 heteroatoms. The van der Waals surface area contributed by atoms with Gasteiger partial charge in [-0.05, 0) is 42.3 Å². The van der Waals surface area contributed by atoms with Gasteiger partial charge in [-0.3, -0.25) is 0 Å². The van der Waals surface area contributed by atoms with Crippen LogP contribution in [-0.4, -0.2) is 14.8 Å². The minimum atomic E-state index is -4.35. The van der Waals surface area contributed by atoms with Gasteiger partial charge in [-0.1, -0.05) is 41.6 Å². The van der Waals surface area contributed by atoms with Crippen molar-refractivity contribution in [2.75, 3.05) is 0 Å². The van der Waals surface area contributed by atoms with Crippen LogP contribution in [0.2, 0.25) is 5.02 Å². The van der Waals surface area contributed by atoms with Crippen molar-refractivity contribution in [3.8, 4) is 5.75 Å². The molecule has 0 spiro atoms. The summed E-state index contributed by atoms with van der Waals surface area (Å²) in [6.07, 6.45) is -4.35. The number of alkyl halides is 3. The van der Waals surface area contributed by atoms with Gasteiger partial charge < -0.3 is 9.30 Å². The lowest BCUT2D eigenvalue weighted by molar-refractivity contribution is -0.137. The van der Waals surface area contributed by atoms with Gasteiger partial charge in [-0.2, -0.15) is 13.2 Å². The Balaban J connectivity index is 1.63. The van der Waals surface area contributed by atoms with E-state index in [0.29, 0.717) is 33.1 Å². The second kappa shape index (κ2) is 8.45. The molecule has 1 heterocycles. The number of hydrogen-bond donors (Lipinski definition) is 0. The topological polar surface area (TPSA) is 39.9 Å². The molecule has 3 rings (SSSR count). The molecule has 2 aromatic carbocycles. The molecule has 0 saturated carbocycles.